The number of carbonyl (C=O) groups is 1. The fourth-order valence-electron chi connectivity index (χ4n) is 3.80. The van der Waals surface area contributed by atoms with Crippen LogP contribution in [0.5, 0.6) is 5.75 Å². The van der Waals surface area contributed by atoms with Crippen LogP contribution in [-0.2, 0) is 6.42 Å². The van der Waals surface area contributed by atoms with Gasteiger partial charge in [-0.05, 0) is 42.7 Å². The molecule has 0 spiro atoms. The van der Waals surface area contributed by atoms with Gasteiger partial charge in [-0.15, -0.1) is 0 Å². The van der Waals surface area contributed by atoms with Gasteiger partial charge >= 0.3 is 0 Å². The number of ether oxygens (including phenoxy) is 1. The van der Waals surface area contributed by atoms with E-state index < -0.39 is 11.9 Å². The molecule has 12 nitrogen and oxygen atoms in total. The number of nitrogens with zero attached hydrogens (tertiary/aromatic N) is 3. The van der Waals surface area contributed by atoms with Crippen molar-refractivity contribution in [1.82, 2.24) is 20.2 Å². The van der Waals surface area contributed by atoms with Crippen LogP contribution in [0.15, 0.2) is 36.4 Å². The summed E-state index contributed by atoms with van der Waals surface area (Å²) in [5.74, 6) is -0.621. The number of aromatic nitrogens is 2. The highest BCUT2D eigenvalue weighted by Gasteiger charge is 2.24. The van der Waals surface area contributed by atoms with Gasteiger partial charge in [-0.3, -0.25) is 20.5 Å². The second kappa shape index (κ2) is 12.6. The summed E-state index contributed by atoms with van der Waals surface area (Å²) in [6.45, 7) is 1.26. The van der Waals surface area contributed by atoms with Crippen LogP contribution in [0.4, 0.5) is 11.6 Å². The molecule has 1 amide bonds. The van der Waals surface area contributed by atoms with E-state index >= 15 is 0 Å². The van der Waals surface area contributed by atoms with Crippen LogP contribution in [0, 0.1) is 10.8 Å². The summed E-state index contributed by atoms with van der Waals surface area (Å²) in [5, 5.41) is 19.7. The number of aryl methyl sites for hydroxylation is 1. The maximum atomic E-state index is 12.9. The van der Waals surface area contributed by atoms with Gasteiger partial charge in [0.25, 0.3) is 5.91 Å². The first kappa shape index (κ1) is 27.3. The Morgan fingerprint density at radius 1 is 1.00 bits per heavy atom. The van der Waals surface area contributed by atoms with Crippen LogP contribution in [-0.4, -0.2) is 52.4 Å². The molecule has 0 unspecified atom stereocenters. The third-order valence-electron chi connectivity index (χ3n) is 5.59. The molecule has 0 aliphatic rings. The zero-order valence-corrected chi connectivity index (χ0v) is 21.0. The van der Waals surface area contributed by atoms with Crippen LogP contribution in [0.2, 0.25) is 5.15 Å². The number of fused-ring (bicyclic) bond motifs is 1. The van der Waals surface area contributed by atoms with E-state index in [1.165, 1.54) is 0 Å². The van der Waals surface area contributed by atoms with Crippen molar-refractivity contribution in [2.75, 3.05) is 31.2 Å². The van der Waals surface area contributed by atoms with Crippen molar-refractivity contribution >= 4 is 51.8 Å². The average molecular weight is 527 g/mol. The number of halogens is 1. The molecule has 1 aromatic heterocycles. The number of guanidine groups is 2. The number of rotatable bonds is 11. The first-order chi connectivity index (χ1) is 17.7. The minimum atomic E-state index is -0.662. The highest BCUT2D eigenvalue weighted by molar-refractivity contribution is 6.31. The van der Waals surface area contributed by atoms with Crippen molar-refractivity contribution < 1.29 is 9.53 Å². The fraction of sp³-hybridized carbons (Fsp3) is 0.292. The SMILES string of the molecule is N=C(N)NCCCOc1ccc(CCCCN(C(=N)N)C(=O)c2nc(Cl)c(N)nc2N)c2ccccc12. The minimum absolute atomic E-state index is 0.0574. The summed E-state index contributed by atoms with van der Waals surface area (Å²) in [4.78, 5) is 21.7. The van der Waals surface area contributed by atoms with Crippen LogP contribution >= 0.6 is 11.6 Å². The first-order valence-corrected chi connectivity index (χ1v) is 12.0. The van der Waals surface area contributed by atoms with E-state index in [1.807, 2.05) is 36.4 Å². The molecule has 196 valence electrons. The molecule has 0 atom stereocenters. The number of anilines is 2. The molecule has 0 aliphatic carbocycles. The molecule has 0 saturated heterocycles. The number of amides is 1. The second-order valence-electron chi connectivity index (χ2n) is 8.24. The second-order valence-corrected chi connectivity index (χ2v) is 8.60. The van der Waals surface area contributed by atoms with Crippen molar-refractivity contribution in [3.05, 3.63) is 52.8 Å². The van der Waals surface area contributed by atoms with Crippen LogP contribution < -0.4 is 33.0 Å². The van der Waals surface area contributed by atoms with Crippen molar-refractivity contribution in [2.45, 2.75) is 25.7 Å². The predicted molar refractivity (Wildman–Crippen MR) is 146 cm³/mol. The molecule has 3 rings (SSSR count). The lowest BCUT2D eigenvalue weighted by molar-refractivity contribution is 0.0838. The summed E-state index contributed by atoms with van der Waals surface area (Å²) >= 11 is 5.89. The Labute approximate surface area is 219 Å². The van der Waals surface area contributed by atoms with E-state index in [-0.39, 0.29) is 35.0 Å². The lowest BCUT2D eigenvalue weighted by Gasteiger charge is -2.21. The highest BCUT2D eigenvalue weighted by Crippen LogP contribution is 2.29. The van der Waals surface area contributed by atoms with Gasteiger partial charge in [0.05, 0.1) is 6.61 Å². The van der Waals surface area contributed by atoms with Gasteiger partial charge in [-0.1, -0.05) is 41.9 Å². The monoisotopic (exact) mass is 526 g/mol. The Morgan fingerprint density at radius 3 is 2.43 bits per heavy atom. The van der Waals surface area contributed by atoms with Crippen LogP contribution in [0.3, 0.4) is 0 Å². The summed E-state index contributed by atoms with van der Waals surface area (Å²) in [7, 11) is 0. The van der Waals surface area contributed by atoms with E-state index in [1.54, 1.807) is 0 Å². The van der Waals surface area contributed by atoms with Gasteiger partial charge < -0.3 is 33.0 Å². The lowest BCUT2D eigenvalue weighted by Crippen LogP contribution is -2.42. The smallest absolute Gasteiger partial charge is 0.283 e. The molecule has 3 aromatic rings. The summed E-state index contributed by atoms with van der Waals surface area (Å²) in [6, 6.07) is 12.0. The molecular weight excluding hydrogens is 496 g/mol. The Kier molecular flexibility index (Phi) is 9.27. The van der Waals surface area contributed by atoms with Gasteiger partial charge in [-0.2, -0.15) is 0 Å². The Bertz CT molecular complexity index is 1300. The van der Waals surface area contributed by atoms with Crippen molar-refractivity contribution in [3.8, 4) is 5.75 Å². The van der Waals surface area contributed by atoms with Gasteiger partial charge in [0.15, 0.2) is 34.4 Å². The molecule has 0 aliphatic heterocycles. The van der Waals surface area contributed by atoms with E-state index in [4.69, 9.17) is 50.1 Å². The predicted octanol–water partition coefficient (Wildman–Crippen LogP) is 2.06. The summed E-state index contributed by atoms with van der Waals surface area (Å²) in [5.41, 5.74) is 23.2. The van der Waals surface area contributed by atoms with Gasteiger partial charge in [0.1, 0.15) is 5.75 Å². The van der Waals surface area contributed by atoms with Crippen molar-refractivity contribution in [3.63, 3.8) is 0 Å². The molecule has 2 aromatic carbocycles. The molecular formula is C24H31ClN10O2. The standard InChI is InChI=1S/C24H31ClN10O2/c25-19-21(27)34-20(26)18(33-19)22(36)35(24(30)31)12-4-3-6-14-9-10-17(16-8-2-1-7-15(14)16)37-13-5-11-32-23(28)29/h1-2,7-10H,3-6,11-13H2,(H3,30,31)(H4,26,27,34)(H4,28,29,32). The van der Waals surface area contributed by atoms with E-state index in [0.717, 1.165) is 39.8 Å². The van der Waals surface area contributed by atoms with Gasteiger partial charge in [0.2, 0.25) is 0 Å². The normalized spacial score (nSPS) is 10.7. The van der Waals surface area contributed by atoms with Crippen molar-refractivity contribution in [1.29, 1.82) is 10.8 Å². The fourth-order valence-corrected chi connectivity index (χ4v) is 3.93. The Morgan fingerprint density at radius 2 is 1.73 bits per heavy atom. The topological polar surface area (TPSA) is 219 Å². The third kappa shape index (κ3) is 7.10. The molecule has 11 N–H and O–H groups in total. The molecule has 37 heavy (non-hydrogen) atoms. The maximum absolute atomic E-state index is 12.9. The highest BCUT2D eigenvalue weighted by atomic mass is 35.5. The summed E-state index contributed by atoms with van der Waals surface area (Å²) in [6.07, 6.45) is 2.78. The molecule has 0 fully saturated rings. The van der Waals surface area contributed by atoms with Crippen LogP contribution in [0.25, 0.3) is 10.8 Å². The Balaban J connectivity index is 1.62. The molecule has 0 radical (unpaired) electrons. The third-order valence-corrected chi connectivity index (χ3v) is 5.87. The molecule has 13 heteroatoms. The van der Waals surface area contributed by atoms with Crippen LogP contribution in [0.1, 0.15) is 35.3 Å². The number of nitrogens with two attached hydrogens (primary N) is 4. The quantitative estimate of drug-likeness (QED) is 0.110. The van der Waals surface area contributed by atoms with Gasteiger partial charge in [-0.25, -0.2) is 9.97 Å². The largest absolute Gasteiger partial charge is 0.493 e. The number of unbranched alkanes of at least 4 members (excludes halogenated alkanes) is 1. The van der Waals surface area contributed by atoms with E-state index in [9.17, 15) is 4.79 Å². The first-order valence-electron chi connectivity index (χ1n) is 11.6. The number of nitrogen functional groups attached to an aromatic ring is 2. The molecule has 0 bridgehead atoms. The summed E-state index contributed by atoms with van der Waals surface area (Å²) < 4.78 is 5.96. The minimum Gasteiger partial charge on any atom is -0.493 e. The average Bonchev–Trinajstić information content (AvgIpc) is 2.86. The number of benzene rings is 2. The van der Waals surface area contributed by atoms with E-state index in [0.29, 0.717) is 26.0 Å². The van der Waals surface area contributed by atoms with E-state index in [2.05, 4.69) is 15.3 Å². The lowest BCUT2D eigenvalue weighted by atomic mass is 9.99. The van der Waals surface area contributed by atoms with Gasteiger partial charge in [0, 0.05) is 18.5 Å². The Hall–Kier alpha value is -4.32. The molecule has 0 saturated carbocycles. The maximum Gasteiger partial charge on any atom is 0.283 e. The number of hydrogen-bond acceptors (Lipinski definition) is 8. The van der Waals surface area contributed by atoms with Crippen molar-refractivity contribution in [2.24, 2.45) is 11.5 Å². The molecule has 1 heterocycles. The number of hydrogen-bond donors (Lipinski definition) is 7. The zero-order valence-electron chi connectivity index (χ0n) is 20.3. The number of carbonyl (C=O) groups excluding carboxylic acids is 1. The number of nitrogens with one attached hydrogen (secondary N) is 3. The zero-order chi connectivity index (χ0) is 26.9.